The zero-order chi connectivity index (χ0) is 11.9. The van der Waals surface area contributed by atoms with E-state index < -0.39 is 0 Å². The molecule has 2 aliphatic heterocycles. The molecule has 2 heterocycles. The van der Waals surface area contributed by atoms with Gasteiger partial charge in [0.25, 0.3) is 0 Å². The molecule has 3 N–H and O–H groups in total. The number of fused-ring (bicyclic) bond motifs is 1. The van der Waals surface area contributed by atoms with E-state index in [0.717, 1.165) is 30.1 Å². The lowest BCUT2D eigenvalue weighted by atomic mass is 9.83. The Balaban J connectivity index is 1.99. The highest BCUT2D eigenvalue weighted by Crippen LogP contribution is 2.31. The van der Waals surface area contributed by atoms with Gasteiger partial charge in [-0.2, -0.15) is 0 Å². The van der Waals surface area contributed by atoms with Gasteiger partial charge in [-0.25, -0.2) is 0 Å². The molecule has 4 heteroatoms. The molecule has 1 fully saturated rings. The van der Waals surface area contributed by atoms with Gasteiger partial charge >= 0.3 is 0 Å². The smallest absolute Gasteiger partial charge is 0.234 e. The van der Waals surface area contributed by atoms with Crippen LogP contribution in [0.3, 0.4) is 0 Å². The topological polar surface area (TPSA) is 67.5 Å². The Bertz CT molecular complexity index is 581. The second-order valence-corrected chi connectivity index (χ2v) is 4.92. The van der Waals surface area contributed by atoms with Crippen molar-refractivity contribution in [3.8, 4) is 0 Å². The molecule has 2 unspecified atom stereocenters. The summed E-state index contributed by atoms with van der Waals surface area (Å²) in [6.45, 7) is 1.51. The fourth-order valence-electron chi connectivity index (χ4n) is 2.68. The maximum absolute atomic E-state index is 11.2. The van der Waals surface area contributed by atoms with Gasteiger partial charge in [0.05, 0.1) is 17.9 Å². The van der Waals surface area contributed by atoms with Crippen molar-refractivity contribution in [3.05, 3.63) is 34.8 Å². The average molecular weight is 229 g/mol. The van der Waals surface area contributed by atoms with Gasteiger partial charge in [-0.1, -0.05) is 24.3 Å². The lowest BCUT2D eigenvalue weighted by Gasteiger charge is -2.24. The van der Waals surface area contributed by atoms with Gasteiger partial charge in [0.1, 0.15) is 0 Å². The van der Waals surface area contributed by atoms with E-state index in [1.807, 2.05) is 18.2 Å². The molecule has 1 saturated heterocycles. The standard InChI is InChI=1S/C13H15N3O/c14-12(17)11-6-13(8-16-11)5-9-3-1-2-4-10(9)15-7-13/h1-5,11,16H,6-8H2,(H2,14,17). The maximum atomic E-state index is 11.2. The van der Waals surface area contributed by atoms with Crippen LogP contribution < -0.4 is 21.6 Å². The highest BCUT2D eigenvalue weighted by Gasteiger charge is 2.39. The van der Waals surface area contributed by atoms with Gasteiger partial charge in [0.2, 0.25) is 5.91 Å². The molecule has 0 saturated carbocycles. The van der Waals surface area contributed by atoms with Gasteiger partial charge in [-0.05, 0) is 17.7 Å². The molecule has 17 heavy (non-hydrogen) atoms. The Labute approximate surface area is 99.2 Å². The molecule has 2 atom stereocenters. The Morgan fingerprint density at radius 2 is 2.29 bits per heavy atom. The lowest BCUT2D eigenvalue weighted by molar-refractivity contribution is -0.119. The predicted molar refractivity (Wildman–Crippen MR) is 64.6 cm³/mol. The van der Waals surface area contributed by atoms with Crippen molar-refractivity contribution in [2.45, 2.75) is 12.5 Å². The van der Waals surface area contributed by atoms with Gasteiger partial charge < -0.3 is 11.1 Å². The number of carbonyl (C=O) groups is 1. The number of amides is 1. The number of rotatable bonds is 1. The van der Waals surface area contributed by atoms with E-state index in [1.165, 1.54) is 0 Å². The minimum absolute atomic E-state index is 0.0337. The molecular formula is C13H15N3O. The van der Waals surface area contributed by atoms with Crippen LogP contribution in [0.1, 0.15) is 6.42 Å². The highest BCUT2D eigenvalue weighted by atomic mass is 16.1. The number of hydrogen-bond acceptors (Lipinski definition) is 3. The largest absolute Gasteiger partial charge is 0.368 e. The van der Waals surface area contributed by atoms with Crippen molar-refractivity contribution in [1.82, 2.24) is 5.32 Å². The van der Waals surface area contributed by atoms with Crippen LogP contribution in [0.2, 0.25) is 0 Å². The zero-order valence-corrected chi connectivity index (χ0v) is 9.52. The Morgan fingerprint density at radius 3 is 3.06 bits per heavy atom. The molecule has 4 nitrogen and oxygen atoms in total. The fourth-order valence-corrected chi connectivity index (χ4v) is 2.68. The average Bonchev–Trinajstić information content (AvgIpc) is 2.73. The lowest BCUT2D eigenvalue weighted by Crippen LogP contribution is -2.38. The second kappa shape index (κ2) is 3.67. The van der Waals surface area contributed by atoms with Crippen LogP contribution in [0.15, 0.2) is 29.3 Å². The molecule has 88 valence electrons. The van der Waals surface area contributed by atoms with E-state index in [0.29, 0.717) is 0 Å². The van der Waals surface area contributed by atoms with Crippen LogP contribution in [0.25, 0.3) is 6.08 Å². The Kier molecular flexibility index (Phi) is 2.26. The molecule has 0 aromatic heterocycles. The molecule has 0 aliphatic carbocycles. The summed E-state index contributed by atoms with van der Waals surface area (Å²) in [6, 6.07) is 7.88. The van der Waals surface area contributed by atoms with Crippen LogP contribution in [0.5, 0.6) is 0 Å². The minimum atomic E-state index is -0.269. The summed E-state index contributed by atoms with van der Waals surface area (Å²) in [5, 5.41) is 5.38. The molecule has 0 bridgehead atoms. The Hall–Kier alpha value is -1.68. The third-order valence-electron chi connectivity index (χ3n) is 3.62. The normalized spacial score (nSPS) is 30.5. The van der Waals surface area contributed by atoms with Crippen molar-refractivity contribution < 1.29 is 4.79 Å². The van der Waals surface area contributed by atoms with E-state index in [2.05, 4.69) is 22.5 Å². The fraction of sp³-hybridized carbons (Fsp3) is 0.385. The highest BCUT2D eigenvalue weighted by molar-refractivity contribution is 5.80. The summed E-state index contributed by atoms with van der Waals surface area (Å²) in [5.74, 6) is -0.269. The number of primary amides is 1. The van der Waals surface area contributed by atoms with Crippen molar-refractivity contribution in [3.63, 3.8) is 0 Å². The first kappa shape index (κ1) is 10.5. The number of benzene rings is 1. The summed E-state index contributed by atoms with van der Waals surface area (Å²) in [4.78, 5) is 15.8. The van der Waals surface area contributed by atoms with E-state index >= 15 is 0 Å². The van der Waals surface area contributed by atoms with Crippen molar-refractivity contribution >= 4 is 12.0 Å². The summed E-state index contributed by atoms with van der Waals surface area (Å²) >= 11 is 0. The van der Waals surface area contributed by atoms with E-state index in [-0.39, 0.29) is 17.4 Å². The van der Waals surface area contributed by atoms with Crippen LogP contribution in [0, 0.1) is 5.41 Å². The van der Waals surface area contributed by atoms with E-state index in [1.54, 1.807) is 0 Å². The minimum Gasteiger partial charge on any atom is -0.368 e. The van der Waals surface area contributed by atoms with Crippen LogP contribution in [-0.4, -0.2) is 25.0 Å². The zero-order valence-electron chi connectivity index (χ0n) is 9.52. The first-order chi connectivity index (χ1) is 8.19. The SMILES string of the molecule is NC(=O)C1CC2(C=c3ccccc3=NC2)CN1. The number of nitrogens with two attached hydrogens (primary N) is 1. The summed E-state index contributed by atoms with van der Waals surface area (Å²) < 4.78 is 0. The summed E-state index contributed by atoms with van der Waals surface area (Å²) in [7, 11) is 0. The number of hydrogen-bond donors (Lipinski definition) is 2. The molecule has 3 rings (SSSR count). The number of nitrogens with zero attached hydrogens (tertiary/aromatic N) is 1. The Morgan fingerprint density at radius 1 is 1.47 bits per heavy atom. The van der Waals surface area contributed by atoms with Gasteiger partial charge in [-0.15, -0.1) is 0 Å². The maximum Gasteiger partial charge on any atom is 0.234 e. The van der Waals surface area contributed by atoms with Crippen molar-refractivity contribution in [2.24, 2.45) is 16.1 Å². The molecular weight excluding hydrogens is 214 g/mol. The molecule has 1 aromatic carbocycles. The molecule has 2 aliphatic rings. The van der Waals surface area contributed by atoms with Crippen LogP contribution in [0.4, 0.5) is 0 Å². The van der Waals surface area contributed by atoms with Crippen LogP contribution in [-0.2, 0) is 4.79 Å². The molecule has 1 aromatic rings. The van der Waals surface area contributed by atoms with Gasteiger partial charge in [-0.3, -0.25) is 9.79 Å². The number of carbonyl (C=O) groups excluding carboxylic acids is 1. The summed E-state index contributed by atoms with van der Waals surface area (Å²) in [6.07, 6.45) is 2.99. The number of para-hydroxylation sites is 1. The molecule has 0 radical (unpaired) electrons. The molecule has 1 spiro atoms. The van der Waals surface area contributed by atoms with E-state index in [9.17, 15) is 4.79 Å². The third-order valence-corrected chi connectivity index (χ3v) is 3.62. The van der Waals surface area contributed by atoms with Gasteiger partial charge in [0, 0.05) is 12.0 Å². The number of nitrogens with one attached hydrogen (secondary N) is 1. The summed E-state index contributed by atoms with van der Waals surface area (Å²) in [5.41, 5.74) is 5.30. The first-order valence-corrected chi connectivity index (χ1v) is 5.84. The van der Waals surface area contributed by atoms with Gasteiger partial charge in [0.15, 0.2) is 0 Å². The van der Waals surface area contributed by atoms with E-state index in [4.69, 9.17) is 5.73 Å². The predicted octanol–water partition coefficient (Wildman–Crippen LogP) is -1.07. The molecule has 1 amide bonds. The van der Waals surface area contributed by atoms with Crippen molar-refractivity contribution in [2.75, 3.05) is 13.1 Å². The third kappa shape index (κ3) is 1.74. The van der Waals surface area contributed by atoms with Crippen LogP contribution >= 0.6 is 0 Å². The first-order valence-electron chi connectivity index (χ1n) is 5.84. The monoisotopic (exact) mass is 229 g/mol. The quantitative estimate of drug-likeness (QED) is 0.644. The second-order valence-electron chi connectivity index (χ2n) is 4.92. The van der Waals surface area contributed by atoms with Crippen molar-refractivity contribution in [1.29, 1.82) is 0 Å².